The van der Waals surface area contributed by atoms with Crippen molar-refractivity contribution in [3.8, 4) is 0 Å². The van der Waals surface area contributed by atoms with Crippen molar-refractivity contribution < 1.29 is 5.11 Å². The second-order valence-electron chi connectivity index (χ2n) is 6.28. The molecule has 1 atom stereocenters. The predicted octanol–water partition coefficient (Wildman–Crippen LogP) is 3.72. The fourth-order valence-corrected chi connectivity index (χ4v) is 3.48. The number of nitrogens with zero attached hydrogens (tertiary/aromatic N) is 2. The van der Waals surface area contributed by atoms with Crippen molar-refractivity contribution in [1.29, 1.82) is 0 Å². The molecule has 150 valence electrons. The number of aliphatic hydroxyl groups excluding tert-OH is 1. The molecule has 0 radical (unpaired) electrons. The number of hydrogen-bond donors (Lipinski definition) is 3. The Kier molecular flexibility index (Phi) is 12.3. The molecule has 1 heterocycles. The second-order valence-corrected chi connectivity index (χ2v) is 7.22. The number of thiazole rings is 1. The fraction of sp³-hybridized carbons (Fsp3) is 0.500. The topological polar surface area (TPSA) is 69.5 Å². The van der Waals surface area contributed by atoms with Crippen LogP contribution in [-0.4, -0.2) is 42.3 Å². The quantitative estimate of drug-likeness (QED) is 0.201. The van der Waals surface area contributed by atoms with Gasteiger partial charge in [-0.1, -0.05) is 30.3 Å². The summed E-state index contributed by atoms with van der Waals surface area (Å²) in [5.41, 5.74) is 2.23. The molecule has 1 unspecified atom stereocenters. The van der Waals surface area contributed by atoms with Gasteiger partial charge in [-0.05, 0) is 38.7 Å². The third-order valence-corrected chi connectivity index (χ3v) is 5.11. The minimum absolute atomic E-state index is 0. The first kappa shape index (κ1) is 23.8. The molecule has 7 heteroatoms. The molecular formula is C20H31IN4OS. The van der Waals surface area contributed by atoms with Crippen molar-refractivity contribution in [2.24, 2.45) is 4.99 Å². The Morgan fingerprint density at radius 1 is 1.22 bits per heavy atom. The first-order valence-electron chi connectivity index (χ1n) is 9.32. The fourth-order valence-electron chi connectivity index (χ4n) is 2.66. The lowest BCUT2D eigenvalue weighted by Crippen LogP contribution is -2.38. The SMILES string of the molecule is CCNC(=NCC(CO)c1ccccc1)NCCCCc1nc(C)cs1.I. The third kappa shape index (κ3) is 9.03. The molecule has 0 saturated carbocycles. The summed E-state index contributed by atoms with van der Waals surface area (Å²) >= 11 is 1.74. The number of unbranched alkanes of at least 4 members (excludes halogenated alkanes) is 1. The van der Waals surface area contributed by atoms with E-state index in [1.165, 1.54) is 5.01 Å². The van der Waals surface area contributed by atoms with Gasteiger partial charge in [0.05, 0.1) is 18.2 Å². The van der Waals surface area contributed by atoms with Gasteiger partial charge in [0, 0.05) is 30.1 Å². The van der Waals surface area contributed by atoms with Gasteiger partial charge in [-0.2, -0.15) is 0 Å². The highest BCUT2D eigenvalue weighted by Crippen LogP contribution is 2.15. The maximum Gasteiger partial charge on any atom is 0.191 e. The van der Waals surface area contributed by atoms with Crippen LogP contribution >= 0.6 is 35.3 Å². The Labute approximate surface area is 183 Å². The number of aliphatic imine (C=N–C) groups is 1. The normalized spacial score (nSPS) is 12.3. The number of aromatic nitrogens is 1. The zero-order valence-corrected chi connectivity index (χ0v) is 19.3. The summed E-state index contributed by atoms with van der Waals surface area (Å²) in [5.74, 6) is 0.840. The molecular weight excluding hydrogens is 471 g/mol. The number of guanidine groups is 1. The zero-order chi connectivity index (χ0) is 18.6. The van der Waals surface area contributed by atoms with Gasteiger partial charge in [0.1, 0.15) is 0 Å². The summed E-state index contributed by atoms with van der Waals surface area (Å²) in [6.45, 7) is 6.46. The maximum atomic E-state index is 9.66. The lowest BCUT2D eigenvalue weighted by atomic mass is 10.0. The van der Waals surface area contributed by atoms with E-state index in [1.807, 2.05) is 37.3 Å². The minimum Gasteiger partial charge on any atom is -0.396 e. The van der Waals surface area contributed by atoms with Gasteiger partial charge in [-0.3, -0.25) is 4.99 Å². The van der Waals surface area contributed by atoms with E-state index >= 15 is 0 Å². The molecule has 0 spiro atoms. The maximum absolute atomic E-state index is 9.66. The summed E-state index contributed by atoms with van der Waals surface area (Å²) < 4.78 is 0. The van der Waals surface area contributed by atoms with Crippen LogP contribution in [0.15, 0.2) is 40.7 Å². The molecule has 1 aromatic heterocycles. The smallest absolute Gasteiger partial charge is 0.191 e. The molecule has 0 saturated heterocycles. The van der Waals surface area contributed by atoms with Crippen LogP contribution in [0.1, 0.15) is 41.9 Å². The average Bonchev–Trinajstić information content (AvgIpc) is 3.08. The van der Waals surface area contributed by atoms with Crippen LogP contribution in [0.5, 0.6) is 0 Å². The van der Waals surface area contributed by atoms with E-state index in [0.29, 0.717) is 6.54 Å². The lowest BCUT2D eigenvalue weighted by molar-refractivity contribution is 0.268. The number of nitrogens with one attached hydrogen (secondary N) is 2. The number of hydrogen-bond acceptors (Lipinski definition) is 4. The highest BCUT2D eigenvalue weighted by molar-refractivity contribution is 14.0. The van der Waals surface area contributed by atoms with Crippen LogP contribution in [0, 0.1) is 6.92 Å². The number of aliphatic hydroxyl groups is 1. The third-order valence-electron chi connectivity index (χ3n) is 4.08. The summed E-state index contributed by atoms with van der Waals surface area (Å²) in [5, 5.41) is 19.6. The van der Waals surface area contributed by atoms with Crippen molar-refractivity contribution in [3.05, 3.63) is 52.0 Å². The molecule has 2 rings (SSSR count). The number of benzene rings is 1. The summed E-state index contributed by atoms with van der Waals surface area (Å²) in [4.78, 5) is 9.14. The number of halogens is 1. The van der Waals surface area contributed by atoms with E-state index in [1.54, 1.807) is 11.3 Å². The van der Waals surface area contributed by atoms with Gasteiger partial charge in [0.15, 0.2) is 5.96 Å². The monoisotopic (exact) mass is 502 g/mol. The molecule has 0 amide bonds. The van der Waals surface area contributed by atoms with E-state index in [2.05, 4.69) is 32.9 Å². The Hall–Kier alpha value is -1.19. The van der Waals surface area contributed by atoms with Gasteiger partial charge < -0.3 is 15.7 Å². The highest BCUT2D eigenvalue weighted by atomic mass is 127. The molecule has 5 nitrogen and oxygen atoms in total. The van der Waals surface area contributed by atoms with Crippen molar-refractivity contribution in [2.45, 2.75) is 39.0 Å². The first-order chi connectivity index (χ1) is 12.7. The van der Waals surface area contributed by atoms with Gasteiger partial charge in [-0.25, -0.2) is 4.98 Å². The molecule has 0 aliphatic heterocycles. The summed E-state index contributed by atoms with van der Waals surface area (Å²) in [6, 6.07) is 10.1. The summed E-state index contributed by atoms with van der Waals surface area (Å²) in [7, 11) is 0. The van der Waals surface area contributed by atoms with Gasteiger partial charge in [0.2, 0.25) is 0 Å². The van der Waals surface area contributed by atoms with Crippen molar-refractivity contribution in [2.75, 3.05) is 26.2 Å². The van der Waals surface area contributed by atoms with Crippen LogP contribution in [0.3, 0.4) is 0 Å². The number of aryl methyl sites for hydroxylation is 2. The van der Waals surface area contributed by atoms with E-state index in [9.17, 15) is 5.11 Å². The van der Waals surface area contributed by atoms with E-state index < -0.39 is 0 Å². The lowest BCUT2D eigenvalue weighted by Gasteiger charge is -2.15. The molecule has 0 fully saturated rings. The summed E-state index contributed by atoms with van der Waals surface area (Å²) in [6.07, 6.45) is 3.22. The largest absolute Gasteiger partial charge is 0.396 e. The molecule has 0 aliphatic rings. The van der Waals surface area contributed by atoms with Crippen molar-refractivity contribution in [1.82, 2.24) is 15.6 Å². The van der Waals surface area contributed by atoms with Crippen LogP contribution in [0.2, 0.25) is 0 Å². The van der Waals surface area contributed by atoms with Gasteiger partial charge in [0.25, 0.3) is 0 Å². The standard InChI is InChI=1S/C20H30N4OS.HI/c1-3-21-20(22-12-8-7-11-19-24-16(2)15-26-19)23-13-18(14-25)17-9-5-4-6-10-17;/h4-6,9-10,15,18,25H,3,7-8,11-14H2,1-2H3,(H2,21,22,23);1H. The number of rotatable bonds is 10. The molecule has 2 aromatic rings. The van der Waals surface area contributed by atoms with Crippen LogP contribution in [0.4, 0.5) is 0 Å². The minimum atomic E-state index is 0. The molecule has 1 aromatic carbocycles. The highest BCUT2D eigenvalue weighted by Gasteiger charge is 2.09. The van der Waals surface area contributed by atoms with Crippen molar-refractivity contribution >= 4 is 41.3 Å². The molecule has 3 N–H and O–H groups in total. The first-order valence-corrected chi connectivity index (χ1v) is 10.2. The molecule has 0 aliphatic carbocycles. The molecule has 27 heavy (non-hydrogen) atoms. The van der Waals surface area contributed by atoms with E-state index in [4.69, 9.17) is 0 Å². The Morgan fingerprint density at radius 3 is 2.63 bits per heavy atom. The van der Waals surface area contributed by atoms with Gasteiger partial charge >= 0.3 is 0 Å². The Morgan fingerprint density at radius 2 is 2.00 bits per heavy atom. The Bertz CT molecular complexity index is 663. The van der Waals surface area contributed by atoms with Gasteiger partial charge in [-0.15, -0.1) is 35.3 Å². The van der Waals surface area contributed by atoms with Crippen molar-refractivity contribution in [3.63, 3.8) is 0 Å². The second kappa shape index (κ2) is 13.9. The zero-order valence-electron chi connectivity index (χ0n) is 16.1. The van der Waals surface area contributed by atoms with Crippen LogP contribution in [0.25, 0.3) is 0 Å². The average molecular weight is 502 g/mol. The van der Waals surface area contributed by atoms with E-state index in [0.717, 1.165) is 49.6 Å². The van der Waals surface area contributed by atoms with Crippen LogP contribution < -0.4 is 10.6 Å². The Balaban J connectivity index is 0.00000364. The van der Waals surface area contributed by atoms with Crippen LogP contribution in [-0.2, 0) is 6.42 Å². The predicted molar refractivity (Wildman–Crippen MR) is 125 cm³/mol. The van der Waals surface area contributed by atoms with E-state index in [-0.39, 0.29) is 36.5 Å². The molecule has 0 bridgehead atoms.